The van der Waals surface area contributed by atoms with Gasteiger partial charge < -0.3 is 5.73 Å². The van der Waals surface area contributed by atoms with E-state index >= 15 is 0 Å². The summed E-state index contributed by atoms with van der Waals surface area (Å²) < 4.78 is 2.20. The summed E-state index contributed by atoms with van der Waals surface area (Å²) in [6.07, 6.45) is 3.84. The van der Waals surface area contributed by atoms with Crippen molar-refractivity contribution in [3.8, 4) is 0 Å². The molecule has 0 aliphatic heterocycles. The van der Waals surface area contributed by atoms with Crippen molar-refractivity contribution < 1.29 is 0 Å². The highest BCUT2D eigenvalue weighted by Gasteiger charge is 2.33. The molecule has 2 N–H and O–H groups in total. The SMILES string of the molecule is CCCN(C1CC1)C(CN)c1ccc(Br)c(Br)c1. The fourth-order valence-corrected chi connectivity index (χ4v) is 3.08. The molecule has 2 rings (SSSR count). The van der Waals surface area contributed by atoms with E-state index in [9.17, 15) is 0 Å². The Hall–Kier alpha value is 0.1000. The smallest absolute Gasteiger partial charge is 0.0473 e. The Morgan fingerprint density at radius 2 is 2.06 bits per heavy atom. The Morgan fingerprint density at radius 3 is 2.56 bits per heavy atom. The van der Waals surface area contributed by atoms with Gasteiger partial charge in [0.15, 0.2) is 0 Å². The monoisotopic (exact) mass is 374 g/mol. The highest BCUT2D eigenvalue weighted by Crippen LogP contribution is 2.35. The van der Waals surface area contributed by atoms with Gasteiger partial charge in [-0.05, 0) is 75.4 Å². The lowest BCUT2D eigenvalue weighted by Crippen LogP contribution is -2.36. The summed E-state index contributed by atoms with van der Waals surface area (Å²) in [5.74, 6) is 0. The summed E-state index contributed by atoms with van der Waals surface area (Å²) in [5, 5.41) is 0. The average Bonchev–Trinajstić information content (AvgIpc) is 3.17. The van der Waals surface area contributed by atoms with E-state index in [1.807, 2.05) is 0 Å². The van der Waals surface area contributed by atoms with Crippen molar-refractivity contribution in [2.75, 3.05) is 13.1 Å². The van der Waals surface area contributed by atoms with Gasteiger partial charge in [0.2, 0.25) is 0 Å². The van der Waals surface area contributed by atoms with Gasteiger partial charge in [-0.3, -0.25) is 4.90 Å². The van der Waals surface area contributed by atoms with E-state index < -0.39 is 0 Å². The van der Waals surface area contributed by atoms with Crippen LogP contribution in [-0.4, -0.2) is 24.0 Å². The number of benzene rings is 1. The first-order chi connectivity index (χ1) is 8.67. The molecule has 1 aromatic carbocycles. The maximum absolute atomic E-state index is 6.02. The zero-order chi connectivity index (χ0) is 13.1. The lowest BCUT2D eigenvalue weighted by atomic mass is 10.0. The van der Waals surface area contributed by atoms with Gasteiger partial charge in [0, 0.05) is 27.6 Å². The average molecular weight is 376 g/mol. The number of rotatable bonds is 6. The number of nitrogens with two attached hydrogens (primary N) is 1. The van der Waals surface area contributed by atoms with Crippen LogP contribution >= 0.6 is 31.9 Å². The Kier molecular flexibility index (Phi) is 5.24. The van der Waals surface area contributed by atoms with Crippen molar-refractivity contribution in [3.63, 3.8) is 0 Å². The van der Waals surface area contributed by atoms with E-state index in [0.717, 1.165) is 21.5 Å². The molecular weight excluding hydrogens is 356 g/mol. The van der Waals surface area contributed by atoms with Crippen LogP contribution < -0.4 is 5.73 Å². The quantitative estimate of drug-likeness (QED) is 0.811. The van der Waals surface area contributed by atoms with Crippen molar-refractivity contribution >= 4 is 31.9 Å². The summed E-state index contributed by atoms with van der Waals surface area (Å²) in [6, 6.07) is 7.56. The minimum atomic E-state index is 0.349. The van der Waals surface area contributed by atoms with Crippen LogP contribution in [0.1, 0.15) is 37.8 Å². The number of nitrogens with zero attached hydrogens (tertiary/aromatic N) is 1. The highest BCUT2D eigenvalue weighted by atomic mass is 79.9. The first-order valence-corrected chi connectivity index (χ1v) is 8.16. The molecule has 4 heteroatoms. The molecule has 0 heterocycles. The van der Waals surface area contributed by atoms with E-state index in [1.165, 1.54) is 24.8 Å². The van der Waals surface area contributed by atoms with Gasteiger partial charge in [-0.25, -0.2) is 0 Å². The molecular formula is C14H20Br2N2. The highest BCUT2D eigenvalue weighted by molar-refractivity contribution is 9.13. The topological polar surface area (TPSA) is 29.3 Å². The summed E-state index contributed by atoms with van der Waals surface area (Å²) in [5.41, 5.74) is 7.33. The van der Waals surface area contributed by atoms with Crippen LogP contribution in [0.5, 0.6) is 0 Å². The molecule has 2 nitrogen and oxygen atoms in total. The van der Waals surface area contributed by atoms with Crippen LogP contribution in [0.2, 0.25) is 0 Å². The van der Waals surface area contributed by atoms with Crippen molar-refractivity contribution in [1.82, 2.24) is 4.90 Å². The first kappa shape index (κ1) is 14.5. The fourth-order valence-electron chi connectivity index (χ4n) is 2.44. The molecule has 0 saturated heterocycles. The Bertz CT molecular complexity index is 405. The maximum Gasteiger partial charge on any atom is 0.0473 e. The molecule has 1 saturated carbocycles. The second-order valence-corrected chi connectivity index (χ2v) is 6.60. The third kappa shape index (κ3) is 3.35. The van der Waals surface area contributed by atoms with E-state index in [-0.39, 0.29) is 0 Å². The molecule has 1 aliphatic rings. The van der Waals surface area contributed by atoms with Gasteiger partial charge in [0.05, 0.1) is 0 Å². The summed E-state index contributed by atoms with van der Waals surface area (Å²) in [7, 11) is 0. The molecule has 100 valence electrons. The summed E-state index contributed by atoms with van der Waals surface area (Å²) in [6.45, 7) is 4.06. The standard InChI is InChI=1S/C14H20Br2N2/c1-2-7-18(11-4-5-11)14(9-17)10-3-6-12(15)13(16)8-10/h3,6,8,11,14H,2,4-5,7,9,17H2,1H3. The van der Waals surface area contributed by atoms with Gasteiger partial charge >= 0.3 is 0 Å². The van der Waals surface area contributed by atoms with Crippen LogP contribution in [0.25, 0.3) is 0 Å². The molecule has 1 aromatic rings. The molecule has 0 radical (unpaired) electrons. The summed E-state index contributed by atoms with van der Waals surface area (Å²) in [4.78, 5) is 2.58. The van der Waals surface area contributed by atoms with Crippen LogP contribution in [0, 0.1) is 0 Å². The summed E-state index contributed by atoms with van der Waals surface area (Å²) >= 11 is 7.10. The number of halogens is 2. The van der Waals surface area contributed by atoms with Crippen LogP contribution in [-0.2, 0) is 0 Å². The lowest BCUT2D eigenvalue weighted by Gasteiger charge is -2.31. The normalized spacial score (nSPS) is 17.2. The minimum absolute atomic E-state index is 0.349. The van der Waals surface area contributed by atoms with Crippen LogP contribution in [0.3, 0.4) is 0 Å². The van der Waals surface area contributed by atoms with E-state index in [1.54, 1.807) is 0 Å². The second-order valence-electron chi connectivity index (χ2n) is 4.89. The van der Waals surface area contributed by atoms with E-state index in [4.69, 9.17) is 5.73 Å². The number of hydrogen-bond acceptors (Lipinski definition) is 2. The van der Waals surface area contributed by atoms with Crippen molar-refractivity contribution in [2.24, 2.45) is 5.73 Å². The minimum Gasteiger partial charge on any atom is -0.329 e. The third-order valence-electron chi connectivity index (χ3n) is 3.45. The molecule has 1 unspecified atom stereocenters. The zero-order valence-electron chi connectivity index (χ0n) is 10.7. The number of hydrogen-bond donors (Lipinski definition) is 1. The predicted octanol–water partition coefficient (Wildman–Crippen LogP) is 4.09. The van der Waals surface area contributed by atoms with Crippen molar-refractivity contribution in [2.45, 2.75) is 38.3 Å². The first-order valence-electron chi connectivity index (χ1n) is 6.58. The van der Waals surface area contributed by atoms with Gasteiger partial charge in [0.25, 0.3) is 0 Å². The van der Waals surface area contributed by atoms with Gasteiger partial charge in [-0.15, -0.1) is 0 Å². The molecule has 0 spiro atoms. The van der Waals surface area contributed by atoms with Gasteiger partial charge in [-0.1, -0.05) is 13.0 Å². The fraction of sp³-hybridized carbons (Fsp3) is 0.571. The third-order valence-corrected chi connectivity index (χ3v) is 5.33. The molecule has 1 aliphatic carbocycles. The van der Waals surface area contributed by atoms with Crippen LogP contribution in [0.15, 0.2) is 27.1 Å². The molecule has 0 bridgehead atoms. The molecule has 0 amide bonds. The lowest BCUT2D eigenvalue weighted by molar-refractivity contribution is 0.191. The van der Waals surface area contributed by atoms with Crippen LogP contribution in [0.4, 0.5) is 0 Å². The van der Waals surface area contributed by atoms with Crippen molar-refractivity contribution in [1.29, 1.82) is 0 Å². The Balaban J connectivity index is 2.22. The largest absolute Gasteiger partial charge is 0.329 e. The molecule has 18 heavy (non-hydrogen) atoms. The molecule has 1 fully saturated rings. The zero-order valence-corrected chi connectivity index (χ0v) is 13.9. The molecule has 0 aromatic heterocycles. The van der Waals surface area contributed by atoms with E-state index in [0.29, 0.717) is 12.6 Å². The van der Waals surface area contributed by atoms with E-state index in [2.05, 4.69) is 61.9 Å². The second kappa shape index (κ2) is 6.51. The Labute approximate surface area is 126 Å². The van der Waals surface area contributed by atoms with Gasteiger partial charge in [0.1, 0.15) is 0 Å². The molecule has 1 atom stereocenters. The van der Waals surface area contributed by atoms with Crippen molar-refractivity contribution in [3.05, 3.63) is 32.7 Å². The Morgan fingerprint density at radius 1 is 1.33 bits per heavy atom. The predicted molar refractivity (Wildman–Crippen MR) is 83.7 cm³/mol. The maximum atomic E-state index is 6.02. The van der Waals surface area contributed by atoms with Gasteiger partial charge in [-0.2, -0.15) is 0 Å².